The Balaban J connectivity index is 1.58. The predicted molar refractivity (Wildman–Crippen MR) is 94.0 cm³/mol. The van der Waals surface area contributed by atoms with E-state index in [1.165, 1.54) is 16.8 Å². The molecular formula is C20H24FN3O. The fraction of sp³-hybridized carbons (Fsp3) is 0.500. The van der Waals surface area contributed by atoms with E-state index in [-0.39, 0.29) is 17.1 Å². The number of amides is 1. The van der Waals surface area contributed by atoms with Gasteiger partial charge >= 0.3 is 0 Å². The van der Waals surface area contributed by atoms with Crippen LogP contribution in [0.1, 0.15) is 61.0 Å². The molecule has 0 radical (unpaired) electrons. The van der Waals surface area contributed by atoms with E-state index in [9.17, 15) is 9.18 Å². The molecule has 1 aliphatic heterocycles. The molecule has 0 bridgehead atoms. The molecule has 1 saturated carbocycles. The monoisotopic (exact) mass is 341 g/mol. The number of rotatable bonds is 3. The Morgan fingerprint density at radius 3 is 2.44 bits per heavy atom. The molecule has 1 amide bonds. The number of H-pyrrole nitrogens is 1. The Morgan fingerprint density at radius 1 is 1.24 bits per heavy atom. The second-order valence-corrected chi connectivity index (χ2v) is 7.48. The molecule has 0 atom stereocenters. The van der Waals surface area contributed by atoms with Crippen molar-refractivity contribution in [2.75, 3.05) is 13.1 Å². The molecule has 2 aliphatic rings. The van der Waals surface area contributed by atoms with Gasteiger partial charge in [-0.2, -0.15) is 5.10 Å². The number of carbonyl (C=O) groups excluding carboxylic acids is 1. The second kappa shape index (κ2) is 5.97. The number of halogens is 1. The number of aromatic amines is 1. The van der Waals surface area contributed by atoms with Gasteiger partial charge in [-0.1, -0.05) is 12.1 Å². The number of benzene rings is 1. The van der Waals surface area contributed by atoms with Crippen molar-refractivity contribution in [1.82, 2.24) is 15.1 Å². The molecule has 4 rings (SSSR count). The number of hydrogen-bond acceptors (Lipinski definition) is 2. The summed E-state index contributed by atoms with van der Waals surface area (Å²) >= 11 is 0. The highest BCUT2D eigenvalue weighted by molar-refractivity contribution is 5.73. The molecule has 132 valence electrons. The van der Waals surface area contributed by atoms with E-state index < -0.39 is 0 Å². The number of nitrogens with zero attached hydrogens (tertiary/aromatic N) is 2. The van der Waals surface area contributed by atoms with Crippen LogP contribution in [0.2, 0.25) is 0 Å². The molecule has 2 heterocycles. The first kappa shape index (κ1) is 16.3. The highest BCUT2D eigenvalue weighted by Gasteiger charge is 2.48. The molecule has 1 saturated heterocycles. The molecule has 0 unspecified atom stereocenters. The van der Waals surface area contributed by atoms with E-state index >= 15 is 0 Å². The maximum Gasteiger partial charge on any atom is 0.219 e. The molecule has 5 heteroatoms. The van der Waals surface area contributed by atoms with Crippen molar-refractivity contribution in [3.8, 4) is 0 Å². The van der Waals surface area contributed by atoms with Crippen molar-refractivity contribution in [2.24, 2.45) is 0 Å². The first-order valence-electron chi connectivity index (χ1n) is 9.08. The van der Waals surface area contributed by atoms with Gasteiger partial charge in [0.05, 0.1) is 5.69 Å². The third kappa shape index (κ3) is 2.75. The Hall–Kier alpha value is -2.17. The van der Waals surface area contributed by atoms with Gasteiger partial charge in [0.15, 0.2) is 0 Å². The van der Waals surface area contributed by atoms with Crippen LogP contribution in [0.25, 0.3) is 0 Å². The van der Waals surface area contributed by atoms with Gasteiger partial charge in [0.2, 0.25) is 5.91 Å². The largest absolute Gasteiger partial charge is 0.343 e. The first-order chi connectivity index (χ1) is 12.0. The number of hydrogen-bond donors (Lipinski definition) is 1. The van der Waals surface area contributed by atoms with Gasteiger partial charge in [-0.05, 0) is 55.9 Å². The third-order valence-corrected chi connectivity index (χ3v) is 6.00. The molecule has 2 aromatic rings. The van der Waals surface area contributed by atoms with Gasteiger partial charge in [0.1, 0.15) is 5.82 Å². The Bertz CT molecular complexity index is 784. The fourth-order valence-electron chi connectivity index (χ4n) is 4.32. The zero-order valence-electron chi connectivity index (χ0n) is 14.8. The molecule has 2 fully saturated rings. The van der Waals surface area contributed by atoms with Gasteiger partial charge in [-0.15, -0.1) is 0 Å². The number of nitrogens with one attached hydrogen (secondary N) is 1. The number of likely N-dealkylation sites (tertiary alicyclic amines) is 1. The summed E-state index contributed by atoms with van der Waals surface area (Å²) in [5.74, 6) is 0.370. The van der Waals surface area contributed by atoms with Crippen LogP contribution in [0.5, 0.6) is 0 Å². The molecule has 0 spiro atoms. The average Bonchev–Trinajstić information content (AvgIpc) is 3.32. The summed E-state index contributed by atoms with van der Waals surface area (Å²) in [4.78, 5) is 13.4. The lowest BCUT2D eigenvalue weighted by Crippen LogP contribution is -2.36. The molecule has 1 aromatic heterocycles. The smallest absolute Gasteiger partial charge is 0.219 e. The molecule has 1 N–H and O–H groups in total. The highest BCUT2D eigenvalue weighted by Crippen LogP contribution is 2.54. The van der Waals surface area contributed by atoms with Crippen molar-refractivity contribution < 1.29 is 9.18 Å². The zero-order valence-corrected chi connectivity index (χ0v) is 14.8. The van der Waals surface area contributed by atoms with Gasteiger partial charge in [-0.25, -0.2) is 4.39 Å². The molecule has 1 aromatic carbocycles. The maximum absolute atomic E-state index is 13.3. The minimum atomic E-state index is -0.196. The SMILES string of the molecule is CC(=O)N1CCC(c2n[nH]c(C3(c4ccc(F)cc4)CC3)c2C)CC1. The van der Waals surface area contributed by atoms with Crippen LogP contribution in [0.15, 0.2) is 24.3 Å². The van der Waals surface area contributed by atoms with Crippen LogP contribution < -0.4 is 0 Å². The van der Waals surface area contributed by atoms with E-state index in [1.807, 2.05) is 17.0 Å². The summed E-state index contributed by atoms with van der Waals surface area (Å²) < 4.78 is 13.3. The van der Waals surface area contributed by atoms with Gasteiger partial charge in [0, 0.05) is 37.0 Å². The first-order valence-corrected chi connectivity index (χ1v) is 9.08. The number of piperidine rings is 1. The maximum atomic E-state index is 13.3. The summed E-state index contributed by atoms with van der Waals surface area (Å²) in [7, 11) is 0. The summed E-state index contributed by atoms with van der Waals surface area (Å²) in [6, 6.07) is 6.88. The standard InChI is InChI=1S/C20H24FN3O/c1-13-18(15-7-11-24(12-8-15)14(2)25)22-23-19(13)20(9-10-20)16-3-5-17(21)6-4-16/h3-6,15H,7-12H2,1-2H3,(H,22,23). The van der Waals surface area contributed by atoms with Crippen molar-refractivity contribution >= 4 is 5.91 Å². The second-order valence-electron chi connectivity index (χ2n) is 7.48. The quantitative estimate of drug-likeness (QED) is 0.926. The highest BCUT2D eigenvalue weighted by atomic mass is 19.1. The number of aromatic nitrogens is 2. The van der Waals surface area contributed by atoms with Gasteiger partial charge in [-0.3, -0.25) is 9.89 Å². The predicted octanol–water partition coefficient (Wildman–Crippen LogP) is 3.66. The summed E-state index contributed by atoms with van der Waals surface area (Å²) in [6.45, 7) is 5.41. The molecule has 25 heavy (non-hydrogen) atoms. The third-order valence-electron chi connectivity index (χ3n) is 6.00. The Labute approximate surface area is 147 Å². The molecule has 1 aliphatic carbocycles. The van der Waals surface area contributed by atoms with Crippen molar-refractivity contribution in [3.05, 3.63) is 52.6 Å². The summed E-state index contributed by atoms with van der Waals surface area (Å²) in [6.07, 6.45) is 4.08. The lowest BCUT2D eigenvalue weighted by Gasteiger charge is -2.30. The van der Waals surface area contributed by atoms with Gasteiger partial charge < -0.3 is 4.90 Å². The molecule has 4 nitrogen and oxygen atoms in total. The van der Waals surface area contributed by atoms with E-state index in [1.54, 1.807) is 19.1 Å². The van der Waals surface area contributed by atoms with E-state index in [0.29, 0.717) is 5.92 Å². The zero-order chi connectivity index (χ0) is 17.6. The number of carbonyl (C=O) groups is 1. The van der Waals surface area contributed by atoms with E-state index in [4.69, 9.17) is 0 Å². The van der Waals surface area contributed by atoms with Gasteiger partial charge in [0.25, 0.3) is 0 Å². The summed E-state index contributed by atoms with van der Waals surface area (Å²) in [5, 5.41) is 7.95. The molecular weight excluding hydrogens is 317 g/mol. The normalized spacial score (nSPS) is 19.9. The van der Waals surface area contributed by atoms with Crippen molar-refractivity contribution in [2.45, 2.75) is 50.9 Å². The minimum Gasteiger partial charge on any atom is -0.343 e. The van der Waals surface area contributed by atoms with Crippen LogP contribution in [0, 0.1) is 12.7 Å². The van der Waals surface area contributed by atoms with E-state index in [2.05, 4.69) is 17.1 Å². The van der Waals surface area contributed by atoms with Crippen LogP contribution in [-0.4, -0.2) is 34.1 Å². The average molecular weight is 341 g/mol. The van der Waals surface area contributed by atoms with Crippen LogP contribution in [0.4, 0.5) is 4.39 Å². The van der Waals surface area contributed by atoms with Crippen LogP contribution in [-0.2, 0) is 10.2 Å². The van der Waals surface area contributed by atoms with E-state index in [0.717, 1.165) is 44.5 Å². The van der Waals surface area contributed by atoms with Crippen molar-refractivity contribution in [3.63, 3.8) is 0 Å². The lowest BCUT2D eigenvalue weighted by atomic mass is 9.86. The van der Waals surface area contributed by atoms with Crippen LogP contribution >= 0.6 is 0 Å². The fourth-order valence-corrected chi connectivity index (χ4v) is 4.32. The summed E-state index contributed by atoms with van der Waals surface area (Å²) in [5.41, 5.74) is 4.71. The lowest BCUT2D eigenvalue weighted by molar-refractivity contribution is -0.129. The van der Waals surface area contributed by atoms with Crippen molar-refractivity contribution in [1.29, 1.82) is 0 Å². The minimum absolute atomic E-state index is 0.0247. The Kier molecular flexibility index (Phi) is 3.89. The Morgan fingerprint density at radius 2 is 1.88 bits per heavy atom. The topological polar surface area (TPSA) is 49.0 Å². The van der Waals surface area contributed by atoms with Crippen LogP contribution in [0.3, 0.4) is 0 Å².